The molecule has 0 unspecified atom stereocenters. The van der Waals surface area contributed by atoms with Gasteiger partial charge in [-0.05, 0) is 18.9 Å². The molecule has 17 heavy (non-hydrogen) atoms. The van der Waals surface area contributed by atoms with Gasteiger partial charge in [-0.2, -0.15) is 5.10 Å². The van der Waals surface area contributed by atoms with Crippen LogP contribution in [0.25, 0.3) is 11.1 Å². The monoisotopic (exact) mass is 293 g/mol. The summed E-state index contributed by atoms with van der Waals surface area (Å²) in [6, 6.07) is 8.08. The highest BCUT2D eigenvalue weighted by molar-refractivity contribution is 9.10. The highest BCUT2D eigenvalue weighted by Crippen LogP contribution is 2.34. The SMILES string of the molecule is CCCCc1[nH]nc(N)c1-c1ccccc1Br. The fraction of sp³-hybridized carbons (Fsp3) is 0.308. The van der Waals surface area contributed by atoms with E-state index in [0.717, 1.165) is 40.6 Å². The van der Waals surface area contributed by atoms with Crippen molar-refractivity contribution >= 4 is 21.7 Å². The number of hydrogen-bond acceptors (Lipinski definition) is 2. The summed E-state index contributed by atoms with van der Waals surface area (Å²) in [5, 5.41) is 7.16. The van der Waals surface area contributed by atoms with E-state index in [2.05, 4.69) is 39.1 Å². The van der Waals surface area contributed by atoms with Crippen LogP contribution in [0.15, 0.2) is 28.7 Å². The lowest BCUT2D eigenvalue weighted by atomic mass is 10.0. The third-order valence-electron chi connectivity index (χ3n) is 2.79. The largest absolute Gasteiger partial charge is 0.382 e. The van der Waals surface area contributed by atoms with Crippen molar-refractivity contribution in [2.45, 2.75) is 26.2 Å². The number of unbranched alkanes of at least 4 members (excludes halogenated alkanes) is 1. The van der Waals surface area contributed by atoms with Gasteiger partial charge in [0.15, 0.2) is 5.82 Å². The summed E-state index contributed by atoms with van der Waals surface area (Å²) in [4.78, 5) is 0. The zero-order chi connectivity index (χ0) is 12.3. The van der Waals surface area contributed by atoms with Crippen LogP contribution in [0.3, 0.4) is 0 Å². The van der Waals surface area contributed by atoms with E-state index < -0.39 is 0 Å². The lowest BCUT2D eigenvalue weighted by Gasteiger charge is -2.06. The van der Waals surface area contributed by atoms with Gasteiger partial charge in [0.25, 0.3) is 0 Å². The van der Waals surface area contributed by atoms with E-state index in [0.29, 0.717) is 5.82 Å². The minimum Gasteiger partial charge on any atom is -0.382 e. The molecule has 0 atom stereocenters. The normalized spacial score (nSPS) is 10.7. The first-order chi connectivity index (χ1) is 8.24. The van der Waals surface area contributed by atoms with Gasteiger partial charge in [-0.1, -0.05) is 47.5 Å². The van der Waals surface area contributed by atoms with E-state index in [1.807, 2.05) is 18.2 Å². The quantitative estimate of drug-likeness (QED) is 0.902. The van der Waals surface area contributed by atoms with Gasteiger partial charge >= 0.3 is 0 Å². The molecule has 0 bridgehead atoms. The number of anilines is 1. The van der Waals surface area contributed by atoms with Crippen LogP contribution in [0.2, 0.25) is 0 Å². The molecule has 0 spiro atoms. The number of nitrogen functional groups attached to an aromatic ring is 1. The molecule has 0 fully saturated rings. The molecule has 1 aromatic heterocycles. The number of aryl methyl sites for hydroxylation is 1. The van der Waals surface area contributed by atoms with Gasteiger partial charge in [0.1, 0.15) is 0 Å². The molecule has 2 aromatic rings. The van der Waals surface area contributed by atoms with Crippen LogP contribution in [0.1, 0.15) is 25.5 Å². The van der Waals surface area contributed by atoms with Crippen molar-refractivity contribution < 1.29 is 0 Å². The average molecular weight is 294 g/mol. The van der Waals surface area contributed by atoms with Crippen molar-refractivity contribution in [2.75, 3.05) is 5.73 Å². The zero-order valence-corrected chi connectivity index (χ0v) is 11.4. The fourth-order valence-corrected chi connectivity index (χ4v) is 2.38. The van der Waals surface area contributed by atoms with Gasteiger partial charge < -0.3 is 5.73 Å². The van der Waals surface area contributed by atoms with E-state index in [-0.39, 0.29) is 0 Å². The average Bonchev–Trinajstić information content (AvgIpc) is 2.69. The number of H-pyrrole nitrogens is 1. The molecule has 0 amide bonds. The summed E-state index contributed by atoms with van der Waals surface area (Å²) in [6.45, 7) is 2.18. The van der Waals surface area contributed by atoms with Crippen molar-refractivity contribution in [3.05, 3.63) is 34.4 Å². The minimum atomic E-state index is 0.572. The molecule has 2 rings (SSSR count). The van der Waals surface area contributed by atoms with E-state index in [4.69, 9.17) is 5.73 Å². The Morgan fingerprint density at radius 3 is 2.82 bits per heavy atom. The van der Waals surface area contributed by atoms with E-state index in [9.17, 15) is 0 Å². The van der Waals surface area contributed by atoms with Crippen LogP contribution in [0.4, 0.5) is 5.82 Å². The second-order valence-corrected chi connectivity index (χ2v) is 4.90. The second-order valence-electron chi connectivity index (χ2n) is 4.05. The van der Waals surface area contributed by atoms with Gasteiger partial charge in [-0.25, -0.2) is 0 Å². The number of nitrogens with two attached hydrogens (primary N) is 1. The first-order valence-corrected chi connectivity index (χ1v) is 6.61. The molecule has 0 saturated heterocycles. The maximum atomic E-state index is 5.95. The third kappa shape index (κ3) is 2.52. The Morgan fingerprint density at radius 2 is 2.12 bits per heavy atom. The Balaban J connectivity index is 2.44. The molecule has 90 valence electrons. The fourth-order valence-electron chi connectivity index (χ4n) is 1.89. The Morgan fingerprint density at radius 1 is 1.35 bits per heavy atom. The summed E-state index contributed by atoms with van der Waals surface area (Å²) in [5.74, 6) is 0.572. The smallest absolute Gasteiger partial charge is 0.153 e. The molecule has 4 heteroatoms. The molecular formula is C13H16BrN3. The van der Waals surface area contributed by atoms with Crippen LogP contribution in [-0.4, -0.2) is 10.2 Å². The molecule has 1 heterocycles. The highest BCUT2D eigenvalue weighted by Gasteiger charge is 2.14. The van der Waals surface area contributed by atoms with Crippen LogP contribution >= 0.6 is 15.9 Å². The standard InChI is InChI=1S/C13H16BrN3/c1-2-3-8-11-12(13(15)17-16-11)9-6-4-5-7-10(9)14/h4-7H,2-3,8H2,1H3,(H3,15,16,17). The molecule has 0 aliphatic rings. The Kier molecular flexibility index (Phi) is 3.84. The topological polar surface area (TPSA) is 54.7 Å². The highest BCUT2D eigenvalue weighted by atomic mass is 79.9. The van der Waals surface area contributed by atoms with Crippen molar-refractivity contribution in [3.63, 3.8) is 0 Å². The lowest BCUT2D eigenvalue weighted by Crippen LogP contribution is -1.92. The summed E-state index contributed by atoms with van der Waals surface area (Å²) in [7, 11) is 0. The van der Waals surface area contributed by atoms with E-state index >= 15 is 0 Å². The lowest BCUT2D eigenvalue weighted by molar-refractivity contribution is 0.773. The molecule has 1 aromatic carbocycles. The van der Waals surface area contributed by atoms with Crippen molar-refractivity contribution in [2.24, 2.45) is 0 Å². The maximum absolute atomic E-state index is 5.95. The van der Waals surface area contributed by atoms with Crippen LogP contribution < -0.4 is 5.73 Å². The number of nitrogens with zero attached hydrogens (tertiary/aromatic N) is 1. The maximum Gasteiger partial charge on any atom is 0.153 e. The van der Waals surface area contributed by atoms with Crippen molar-refractivity contribution in [1.29, 1.82) is 0 Å². The van der Waals surface area contributed by atoms with Gasteiger partial charge in [0.05, 0.1) is 0 Å². The zero-order valence-electron chi connectivity index (χ0n) is 9.83. The third-order valence-corrected chi connectivity index (χ3v) is 3.48. The van der Waals surface area contributed by atoms with Crippen LogP contribution in [-0.2, 0) is 6.42 Å². The summed E-state index contributed by atoms with van der Waals surface area (Å²) < 4.78 is 1.05. The molecular weight excluding hydrogens is 278 g/mol. The molecule has 3 nitrogen and oxygen atoms in total. The van der Waals surface area contributed by atoms with Gasteiger partial charge in [-0.15, -0.1) is 0 Å². The molecule has 3 N–H and O–H groups in total. The number of aromatic amines is 1. The number of halogens is 1. The minimum absolute atomic E-state index is 0.572. The first kappa shape index (κ1) is 12.2. The van der Waals surface area contributed by atoms with Crippen molar-refractivity contribution in [3.8, 4) is 11.1 Å². The predicted octanol–water partition coefficient (Wildman–Crippen LogP) is 3.76. The molecule has 0 aliphatic carbocycles. The van der Waals surface area contributed by atoms with Gasteiger partial charge in [-0.3, -0.25) is 5.10 Å². The number of hydrogen-bond donors (Lipinski definition) is 2. The van der Waals surface area contributed by atoms with E-state index in [1.54, 1.807) is 0 Å². The molecule has 0 saturated carbocycles. The Hall–Kier alpha value is -1.29. The first-order valence-electron chi connectivity index (χ1n) is 5.81. The van der Waals surface area contributed by atoms with Gasteiger partial charge in [0, 0.05) is 21.3 Å². The number of nitrogens with one attached hydrogen (secondary N) is 1. The molecule has 0 aliphatic heterocycles. The number of aromatic nitrogens is 2. The Labute approximate surface area is 110 Å². The summed E-state index contributed by atoms with van der Waals surface area (Å²) in [6.07, 6.45) is 3.28. The Bertz CT molecular complexity index is 505. The number of benzene rings is 1. The predicted molar refractivity (Wildman–Crippen MR) is 74.7 cm³/mol. The number of rotatable bonds is 4. The summed E-state index contributed by atoms with van der Waals surface area (Å²) >= 11 is 3.56. The second kappa shape index (κ2) is 5.36. The van der Waals surface area contributed by atoms with E-state index in [1.165, 1.54) is 0 Å². The van der Waals surface area contributed by atoms with Crippen LogP contribution in [0.5, 0.6) is 0 Å². The summed E-state index contributed by atoms with van der Waals surface area (Å²) in [5.41, 5.74) is 9.21. The van der Waals surface area contributed by atoms with Crippen molar-refractivity contribution in [1.82, 2.24) is 10.2 Å². The van der Waals surface area contributed by atoms with Crippen LogP contribution in [0, 0.1) is 0 Å². The molecule has 0 radical (unpaired) electrons. The van der Waals surface area contributed by atoms with Gasteiger partial charge in [0.2, 0.25) is 0 Å².